The van der Waals surface area contributed by atoms with E-state index in [-0.39, 0.29) is 11.3 Å². The number of nitrogens with zero attached hydrogens (tertiary/aromatic N) is 1. The number of hydrogen-bond acceptors (Lipinski definition) is 4. The smallest absolute Gasteiger partial charge is 0.335 e. The van der Waals surface area contributed by atoms with Gasteiger partial charge in [0.05, 0.1) is 21.5 Å². The summed E-state index contributed by atoms with van der Waals surface area (Å²) in [5, 5.41) is 12.8. The van der Waals surface area contributed by atoms with E-state index in [0.717, 1.165) is 16.3 Å². The third kappa shape index (κ3) is 2.81. The number of benzene rings is 2. The number of fused-ring (bicyclic) bond motifs is 1. The number of carbonyl (C=O) groups is 1. The van der Waals surface area contributed by atoms with Crippen molar-refractivity contribution in [1.82, 2.24) is 4.98 Å². The van der Waals surface area contributed by atoms with Gasteiger partial charge in [-0.3, -0.25) is 0 Å². The van der Waals surface area contributed by atoms with Gasteiger partial charge in [0.15, 0.2) is 5.13 Å². The minimum absolute atomic E-state index is 0.00283. The molecule has 1 heterocycles. The zero-order valence-electron chi connectivity index (χ0n) is 10.4. The van der Waals surface area contributed by atoms with E-state index in [4.69, 9.17) is 16.7 Å². The number of rotatable bonds is 3. The Hall–Kier alpha value is -2.18. The third-order valence-electron chi connectivity index (χ3n) is 2.81. The lowest BCUT2D eigenvalue weighted by Gasteiger charge is -2.05. The summed E-state index contributed by atoms with van der Waals surface area (Å²) in [7, 11) is 0. The van der Waals surface area contributed by atoms with Crippen molar-refractivity contribution in [2.24, 2.45) is 0 Å². The number of halogens is 2. The molecule has 0 atom stereocenters. The summed E-state index contributed by atoms with van der Waals surface area (Å²) in [6, 6.07) is 8.81. The molecule has 2 N–H and O–H groups in total. The standard InChI is InChI=1S/C14H8ClFN2O2S/c15-8-2-4-10-12(6-8)21-14(17-10)18-11-5-7(13(19)20)1-3-9(11)16/h1-6H,(H,17,18)(H,19,20). The van der Waals surface area contributed by atoms with E-state index in [0.29, 0.717) is 10.2 Å². The van der Waals surface area contributed by atoms with Crippen molar-refractivity contribution in [2.75, 3.05) is 5.32 Å². The molecule has 0 spiro atoms. The van der Waals surface area contributed by atoms with Crippen LogP contribution in [0.4, 0.5) is 15.2 Å². The fourth-order valence-electron chi connectivity index (χ4n) is 1.82. The van der Waals surface area contributed by atoms with Crippen LogP contribution < -0.4 is 5.32 Å². The monoisotopic (exact) mass is 322 g/mol. The normalized spacial score (nSPS) is 10.8. The minimum Gasteiger partial charge on any atom is -0.478 e. The lowest BCUT2D eigenvalue weighted by atomic mass is 10.2. The lowest BCUT2D eigenvalue weighted by molar-refractivity contribution is 0.0697. The van der Waals surface area contributed by atoms with Crippen LogP contribution in [0.5, 0.6) is 0 Å². The Bertz CT molecular complexity index is 850. The van der Waals surface area contributed by atoms with Crippen LogP contribution in [0.15, 0.2) is 36.4 Å². The first-order valence-electron chi connectivity index (χ1n) is 5.89. The van der Waals surface area contributed by atoms with Crippen molar-refractivity contribution >= 4 is 49.9 Å². The van der Waals surface area contributed by atoms with Crippen molar-refractivity contribution < 1.29 is 14.3 Å². The summed E-state index contributed by atoms with van der Waals surface area (Å²) < 4.78 is 14.6. The Morgan fingerprint density at radius 3 is 2.86 bits per heavy atom. The second kappa shape index (κ2) is 5.31. The first kappa shape index (κ1) is 13.8. The van der Waals surface area contributed by atoms with Gasteiger partial charge in [-0.25, -0.2) is 14.2 Å². The Labute approximate surface area is 127 Å². The SMILES string of the molecule is O=C(O)c1ccc(F)c(Nc2nc3ccc(Cl)cc3s2)c1. The topological polar surface area (TPSA) is 62.2 Å². The van der Waals surface area contributed by atoms with E-state index in [2.05, 4.69) is 10.3 Å². The molecule has 0 radical (unpaired) electrons. The summed E-state index contributed by atoms with van der Waals surface area (Å²) in [5.41, 5.74) is 0.810. The molecule has 0 aliphatic heterocycles. The fraction of sp³-hybridized carbons (Fsp3) is 0. The van der Waals surface area contributed by atoms with E-state index in [1.165, 1.54) is 23.5 Å². The van der Waals surface area contributed by atoms with Gasteiger partial charge < -0.3 is 10.4 Å². The van der Waals surface area contributed by atoms with E-state index in [1.807, 2.05) is 0 Å². The molecule has 0 bridgehead atoms. The predicted molar refractivity (Wildman–Crippen MR) is 81.3 cm³/mol. The van der Waals surface area contributed by atoms with Gasteiger partial charge in [0.2, 0.25) is 0 Å². The minimum atomic E-state index is -1.12. The number of aromatic nitrogens is 1. The molecule has 0 amide bonds. The largest absolute Gasteiger partial charge is 0.478 e. The molecule has 4 nitrogen and oxygen atoms in total. The van der Waals surface area contributed by atoms with Crippen LogP contribution in [0.25, 0.3) is 10.2 Å². The number of anilines is 2. The van der Waals surface area contributed by atoms with Gasteiger partial charge in [-0.15, -0.1) is 0 Å². The van der Waals surface area contributed by atoms with E-state index in [1.54, 1.807) is 18.2 Å². The molecule has 0 fully saturated rings. The van der Waals surface area contributed by atoms with Crippen molar-refractivity contribution in [1.29, 1.82) is 0 Å². The highest BCUT2D eigenvalue weighted by Gasteiger charge is 2.11. The van der Waals surface area contributed by atoms with Crippen LogP contribution >= 0.6 is 22.9 Å². The maximum Gasteiger partial charge on any atom is 0.335 e. The van der Waals surface area contributed by atoms with Crippen molar-refractivity contribution in [3.8, 4) is 0 Å². The third-order valence-corrected chi connectivity index (χ3v) is 3.97. The van der Waals surface area contributed by atoms with Crippen LogP contribution in [0.1, 0.15) is 10.4 Å². The van der Waals surface area contributed by atoms with Crippen LogP contribution in [0.3, 0.4) is 0 Å². The van der Waals surface area contributed by atoms with Crippen molar-refractivity contribution in [3.05, 3.63) is 52.8 Å². The van der Waals surface area contributed by atoms with E-state index >= 15 is 0 Å². The maximum absolute atomic E-state index is 13.7. The van der Waals surface area contributed by atoms with Crippen LogP contribution in [0.2, 0.25) is 5.02 Å². The van der Waals surface area contributed by atoms with Crippen LogP contribution in [-0.2, 0) is 0 Å². The second-order valence-electron chi connectivity index (χ2n) is 4.26. The quantitative estimate of drug-likeness (QED) is 0.743. The van der Waals surface area contributed by atoms with Crippen LogP contribution in [0, 0.1) is 5.82 Å². The highest BCUT2D eigenvalue weighted by Crippen LogP contribution is 2.31. The number of hydrogen-bond donors (Lipinski definition) is 2. The molecule has 3 rings (SSSR count). The number of aromatic carboxylic acids is 1. The lowest BCUT2D eigenvalue weighted by Crippen LogP contribution is -2.00. The van der Waals surface area contributed by atoms with Gasteiger partial charge in [-0.2, -0.15) is 0 Å². The summed E-state index contributed by atoms with van der Waals surface area (Å²) in [6.45, 7) is 0. The van der Waals surface area contributed by atoms with Crippen LogP contribution in [-0.4, -0.2) is 16.1 Å². The second-order valence-corrected chi connectivity index (χ2v) is 5.72. The molecule has 21 heavy (non-hydrogen) atoms. The molecule has 0 saturated heterocycles. The molecule has 2 aromatic carbocycles. The Balaban J connectivity index is 1.98. The van der Waals surface area contributed by atoms with Gasteiger partial charge in [-0.05, 0) is 36.4 Å². The number of carboxylic acids is 1. The number of nitrogens with one attached hydrogen (secondary N) is 1. The Morgan fingerprint density at radius 1 is 1.29 bits per heavy atom. The molecule has 1 aromatic heterocycles. The molecular formula is C14H8ClFN2O2S. The van der Waals surface area contributed by atoms with Gasteiger partial charge in [0.25, 0.3) is 0 Å². The highest BCUT2D eigenvalue weighted by molar-refractivity contribution is 7.22. The van der Waals surface area contributed by atoms with E-state index in [9.17, 15) is 9.18 Å². The highest BCUT2D eigenvalue weighted by atomic mass is 35.5. The van der Waals surface area contributed by atoms with Gasteiger partial charge in [0, 0.05) is 5.02 Å². The van der Waals surface area contributed by atoms with Gasteiger partial charge in [0.1, 0.15) is 5.82 Å². The van der Waals surface area contributed by atoms with Crippen molar-refractivity contribution in [3.63, 3.8) is 0 Å². The van der Waals surface area contributed by atoms with Crippen molar-refractivity contribution in [2.45, 2.75) is 0 Å². The first-order valence-corrected chi connectivity index (χ1v) is 7.08. The average Bonchev–Trinajstić information content (AvgIpc) is 2.82. The zero-order valence-corrected chi connectivity index (χ0v) is 12.0. The molecule has 0 saturated carbocycles. The van der Waals surface area contributed by atoms with E-state index < -0.39 is 11.8 Å². The predicted octanol–water partition coefficient (Wildman–Crippen LogP) is 4.53. The molecule has 0 unspecified atom stereocenters. The maximum atomic E-state index is 13.7. The fourth-order valence-corrected chi connectivity index (χ4v) is 2.98. The number of carboxylic acid groups (broad SMARTS) is 1. The molecule has 7 heteroatoms. The molecule has 0 aliphatic rings. The molecular weight excluding hydrogens is 315 g/mol. The first-order chi connectivity index (χ1) is 10.0. The average molecular weight is 323 g/mol. The van der Waals surface area contributed by atoms with Gasteiger partial charge >= 0.3 is 5.97 Å². The Kier molecular flexibility index (Phi) is 3.48. The summed E-state index contributed by atoms with van der Waals surface area (Å²) >= 11 is 7.21. The number of thiazole rings is 1. The molecule has 106 valence electrons. The molecule has 3 aromatic rings. The zero-order chi connectivity index (χ0) is 15.0. The Morgan fingerprint density at radius 2 is 2.10 bits per heavy atom. The summed E-state index contributed by atoms with van der Waals surface area (Å²) in [5.74, 6) is -1.66. The van der Waals surface area contributed by atoms with Gasteiger partial charge in [-0.1, -0.05) is 22.9 Å². The molecule has 0 aliphatic carbocycles. The summed E-state index contributed by atoms with van der Waals surface area (Å²) in [4.78, 5) is 15.2. The summed E-state index contributed by atoms with van der Waals surface area (Å²) in [6.07, 6.45) is 0.